The lowest BCUT2D eigenvalue weighted by atomic mass is 10.2. The van der Waals surface area contributed by atoms with E-state index in [1.807, 2.05) is 13.8 Å². The predicted octanol–water partition coefficient (Wildman–Crippen LogP) is 5.49. The highest BCUT2D eigenvalue weighted by molar-refractivity contribution is 7.98. The van der Waals surface area contributed by atoms with E-state index in [4.69, 9.17) is 4.52 Å². The van der Waals surface area contributed by atoms with E-state index in [0.29, 0.717) is 32.7 Å². The van der Waals surface area contributed by atoms with Gasteiger partial charge >= 0.3 is 0 Å². The van der Waals surface area contributed by atoms with Crippen LogP contribution in [0.4, 0.5) is 9.52 Å². The van der Waals surface area contributed by atoms with Gasteiger partial charge in [0.05, 0.1) is 17.0 Å². The average Bonchev–Trinajstić information content (AvgIpc) is 3.33. The van der Waals surface area contributed by atoms with Crippen LogP contribution in [0.2, 0.25) is 0 Å². The maximum Gasteiger partial charge on any atom is 0.260 e. The molecule has 1 N–H and O–H groups in total. The van der Waals surface area contributed by atoms with Crippen molar-refractivity contribution in [1.29, 1.82) is 0 Å². The molecule has 0 atom stereocenters. The summed E-state index contributed by atoms with van der Waals surface area (Å²) in [7, 11) is 0. The van der Waals surface area contributed by atoms with E-state index in [1.165, 1.54) is 35.2 Å². The van der Waals surface area contributed by atoms with Crippen LogP contribution in [0.25, 0.3) is 11.3 Å². The fourth-order valence-corrected chi connectivity index (χ4v) is 4.66. The molecule has 0 radical (unpaired) electrons. The normalized spacial score (nSPS) is 10.9. The van der Waals surface area contributed by atoms with Crippen LogP contribution in [-0.4, -0.2) is 21.0 Å². The smallest absolute Gasteiger partial charge is 0.260 e. The summed E-state index contributed by atoms with van der Waals surface area (Å²) in [6, 6.07) is 9.62. The van der Waals surface area contributed by atoms with Gasteiger partial charge in [-0.3, -0.25) is 10.1 Å². The van der Waals surface area contributed by atoms with Gasteiger partial charge in [0.25, 0.3) is 5.91 Å². The highest BCUT2D eigenvalue weighted by Gasteiger charge is 2.17. The molecule has 0 aliphatic rings. The number of hydrogen-bond donors (Lipinski definition) is 1. The second kappa shape index (κ2) is 8.76. The van der Waals surface area contributed by atoms with Crippen molar-refractivity contribution in [3.05, 3.63) is 76.4 Å². The van der Waals surface area contributed by atoms with E-state index in [1.54, 1.807) is 35.8 Å². The Morgan fingerprint density at radius 3 is 2.90 bits per heavy atom. The Balaban J connectivity index is 1.49. The van der Waals surface area contributed by atoms with Gasteiger partial charge in [0, 0.05) is 28.5 Å². The van der Waals surface area contributed by atoms with Crippen LogP contribution in [0.5, 0.6) is 0 Å². The van der Waals surface area contributed by atoms with Crippen LogP contribution in [-0.2, 0) is 5.75 Å². The molecule has 1 amide bonds. The topological polar surface area (TPSA) is 80.9 Å². The van der Waals surface area contributed by atoms with Crippen molar-refractivity contribution < 1.29 is 13.7 Å². The molecule has 0 bridgehead atoms. The van der Waals surface area contributed by atoms with Gasteiger partial charge in [0.2, 0.25) is 0 Å². The minimum absolute atomic E-state index is 0.301. The number of aryl methyl sites for hydroxylation is 2. The van der Waals surface area contributed by atoms with Gasteiger partial charge in [0.1, 0.15) is 16.6 Å². The van der Waals surface area contributed by atoms with Crippen LogP contribution >= 0.6 is 23.1 Å². The summed E-state index contributed by atoms with van der Waals surface area (Å²) in [4.78, 5) is 21.6. The Morgan fingerprint density at radius 2 is 2.13 bits per heavy atom. The van der Waals surface area contributed by atoms with Gasteiger partial charge in [-0.15, -0.1) is 23.1 Å². The molecular formula is C21H17FN4O2S2. The maximum absolute atomic E-state index is 13.4. The average molecular weight is 441 g/mol. The third-order valence-electron chi connectivity index (χ3n) is 4.40. The van der Waals surface area contributed by atoms with Crippen molar-refractivity contribution in [2.75, 3.05) is 5.32 Å². The Labute approximate surface area is 180 Å². The van der Waals surface area contributed by atoms with Crippen molar-refractivity contribution in [1.82, 2.24) is 15.1 Å². The van der Waals surface area contributed by atoms with Gasteiger partial charge in [-0.05, 0) is 38.1 Å². The molecule has 4 rings (SSSR count). The third-order valence-corrected chi connectivity index (χ3v) is 6.18. The lowest BCUT2D eigenvalue weighted by Crippen LogP contribution is -2.13. The number of thioether (sulfide) groups is 1. The zero-order chi connectivity index (χ0) is 21.1. The van der Waals surface area contributed by atoms with Gasteiger partial charge in [-0.25, -0.2) is 14.4 Å². The number of nitrogens with zero attached hydrogens (tertiary/aromatic N) is 3. The Hall–Kier alpha value is -3.04. The molecule has 0 spiro atoms. The molecule has 0 aliphatic carbocycles. The second-order valence-electron chi connectivity index (χ2n) is 6.45. The number of rotatable bonds is 6. The second-order valence-corrected chi connectivity index (χ2v) is 8.27. The lowest BCUT2D eigenvalue weighted by molar-refractivity contribution is 0.102. The number of amides is 1. The minimum Gasteiger partial charge on any atom is -0.361 e. The largest absolute Gasteiger partial charge is 0.361 e. The molecule has 0 saturated heterocycles. The van der Waals surface area contributed by atoms with Crippen LogP contribution in [0.1, 0.15) is 27.4 Å². The summed E-state index contributed by atoms with van der Waals surface area (Å²) in [5, 5.41) is 9.59. The van der Waals surface area contributed by atoms with Crippen molar-refractivity contribution in [3.8, 4) is 11.3 Å². The molecule has 30 heavy (non-hydrogen) atoms. The zero-order valence-electron chi connectivity index (χ0n) is 16.2. The number of benzene rings is 1. The summed E-state index contributed by atoms with van der Waals surface area (Å²) < 4.78 is 18.6. The zero-order valence-corrected chi connectivity index (χ0v) is 17.8. The van der Waals surface area contributed by atoms with E-state index >= 15 is 0 Å². The number of thiazole rings is 1. The van der Waals surface area contributed by atoms with Crippen molar-refractivity contribution in [2.24, 2.45) is 0 Å². The summed E-state index contributed by atoms with van der Waals surface area (Å²) in [6.07, 6.45) is 1.65. The number of halogens is 1. The quantitative estimate of drug-likeness (QED) is 0.399. The van der Waals surface area contributed by atoms with Gasteiger partial charge in [0.15, 0.2) is 5.13 Å². The molecule has 0 saturated carbocycles. The molecule has 0 fully saturated rings. The minimum atomic E-state index is -0.332. The van der Waals surface area contributed by atoms with Gasteiger partial charge in [-0.1, -0.05) is 17.3 Å². The fourth-order valence-electron chi connectivity index (χ4n) is 2.80. The lowest BCUT2D eigenvalue weighted by Gasteiger charge is -2.07. The van der Waals surface area contributed by atoms with E-state index < -0.39 is 0 Å². The number of aromatic nitrogens is 3. The molecule has 3 aromatic heterocycles. The van der Waals surface area contributed by atoms with Crippen molar-refractivity contribution >= 4 is 34.1 Å². The van der Waals surface area contributed by atoms with Crippen LogP contribution in [0, 0.1) is 19.7 Å². The molecule has 6 nitrogen and oxygen atoms in total. The summed E-state index contributed by atoms with van der Waals surface area (Å²) >= 11 is 2.73. The highest BCUT2D eigenvalue weighted by atomic mass is 32.2. The van der Waals surface area contributed by atoms with Crippen LogP contribution in [0.3, 0.4) is 0 Å². The molecule has 1 aromatic carbocycles. The number of hydrogen-bond acceptors (Lipinski definition) is 7. The third kappa shape index (κ3) is 4.42. The van der Waals surface area contributed by atoms with Crippen LogP contribution in [0.15, 0.2) is 57.5 Å². The molecule has 3 heterocycles. The first-order valence-corrected chi connectivity index (χ1v) is 10.9. The van der Waals surface area contributed by atoms with Crippen molar-refractivity contribution in [2.45, 2.75) is 24.6 Å². The predicted molar refractivity (Wildman–Crippen MR) is 115 cm³/mol. The van der Waals surface area contributed by atoms with E-state index in [9.17, 15) is 9.18 Å². The first-order valence-electron chi connectivity index (χ1n) is 9.03. The molecule has 152 valence electrons. The Kier molecular flexibility index (Phi) is 5.91. The number of anilines is 1. The SMILES string of the molecule is Cc1noc(C)c1CSc1ncccc1C(=O)Nc1nc(-c2cccc(F)c2)cs1. The van der Waals surface area contributed by atoms with Crippen LogP contribution < -0.4 is 5.32 Å². The number of carbonyl (C=O) groups excluding carboxylic acids is 1. The standard InChI is InChI=1S/C21H17FN4O2S2/c1-12-17(13(2)28-26-12)10-29-20-16(7-4-8-23-20)19(27)25-21-24-18(11-30-21)14-5-3-6-15(22)9-14/h3-9,11H,10H2,1-2H3,(H,24,25,27). The summed E-state index contributed by atoms with van der Waals surface area (Å²) in [6.45, 7) is 3.75. The van der Waals surface area contributed by atoms with Gasteiger partial charge < -0.3 is 4.52 Å². The Bertz CT molecular complexity index is 1190. The number of nitrogens with one attached hydrogen (secondary N) is 1. The number of carbonyl (C=O) groups is 1. The molecular weight excluding hydrogens is 423 g/mol. The van der Waals surface area contributed by atoms with E-state index in [2.05, 4.69) is 20.4 Å². The molecule has 9 heteroatoms. The fraction of sp³-hybridized carbons (Fsp3) is 0.143. The maximum atomic E-state index is 13.4. The first-order chi connectivity index (χ1) is 14.5. The van der Waals surface area contributed by atoms with E-state index in [-0.39, 0.29) is 11.7 Å². The molecule has 4 aromatic rings. The monoisotopic (exact) mass is 440 g/mol. The Morgan fingerprint density at radius 1 is 1.27 bits per heavy atom. The summed E-state index contributed by atoms with van der Waals surface area (Å²) in [5.41, 5.74) is 3.54. The first kappa shape index (κ1) is 20.2. The highest BCUT2D eigenvalue weighted by Crippen LogP contribution is 2.29. The van der Waals surface area contributed by atoms with E-state index in [0.717, 1.165) is 17.0 Å². The molecule has 0 unspecified atom stereocenters. The number of pyridine rings is 1. The van der Waals surface area contributed by atoms with Gasteiger partial charge in [-0.2, -0.15) is 0 Å². The summed E-state index contributed by atoms with van der Waals surface area (Å²) in [5.74, 6) is 0.722. The molecule has 0 aliphatic heterocycles. The van der Waals surface area contributed by atoms with Crippen molar-refractivity contribution in [3.63, 3.8) is 0 Å².